The first-order chi connectivity index (χ1) is 14.0. The highest BCUT2D eigenvalue weighted by molar-refractivity contribution is 7.89. The van der Waals surface area contributed by atoms with Gasteiger partial charge in [0.25, 0.3) is 10.0 Å². The van der Waals surface area contributed by atoms with E-state index in [1.54, 1.807) is 12.1 Å². The van der Waals surface area contributed by atoms with E-state index >= 15 is 0 Å². The summed E-state index contributed by atoms with van der Waals surface area (Å²) in [5.74, 6) is -0.348. The van der Waals surface area contributed by atoms with Gasteiger partial charge in [-0.1, -0.05) is 12.1 Å². The van der Waals surface area contributed by atoms with Gasteiger partial charge in [-0.2, -0.15) is 0 Å². The molecule has 1 N–H and O–H groups in total. The van der Waals surface area contributed by atoms with Gasteiger partial charge in [-0.3, -0.25) is 0 Å². The summed E-state index contributed by atoms with van der Waals surface area (Å²) in [6.07, 6.45) is 0. The number of halogens is 1. The average Bonchev–Trinajstić information content (AvgIpc) is 3.25. The van der Waals surface area contributed by atoms with Crippen LogP contribution in [0.4, 0.5) is 10.1 Å². The van der Waals surface area contributed by atoms with Crippen LogP contribution in [0.3, 0.4) is 0 Å². The van der Waals surface area contributed by atoms with Crippen LogP contribution < -0.4 is 9.62 Å². The van der Waals surface area contributed by atoms with Crippen LogP contribution in [-0.4, -0.2) is 39.7 Å². The maximum atomic E-state index is 13.1. The van der Waals surface area contributed by atoms with Gasteiger partial charge in [0.05, 0.1) is 13.2 Å². The quantitative estimate of drug-likeness (QED) is 0.646. The van der Waals surface area contributed by atoms with Gasteiger partial charge in [-0.05, 0) is 42.0 Å². The Balaban J connectivity index is 1.40. The summed E-state index contributed by atoms with van der Waals surface area (Å²) in [6.45, 7) is 3.32. The molecule has 1 saturated heterocycles. The van der Waals surface area contributed by atoms with Gasteiger partial charge in [0, 0.05) is 36.3 Å². The van der Waals surface area contributed by atoms with Crippen molar-refractivity contribution in [2.45, 2.75) is 11.6 Å². The summed E-state index contributed by atoms with van der Waals surface area (Å²) in [5, 5.41) is 1.98. The Hall–Kier alpha value is -2.33. The van der Waals surface area contributed by atoms with Crippen molar-refractivity contribution in [1.29, 1.82) is 0 Å². The van der Waals surface area contributed by atoms with Crippen molar-refractivity contribution in [3.8, 4) is 10.6 Å². The first kappa shape index (κ1) is 20.0. The minimum Gasteiger partial charge on any atom is -0.378 e. The van der Waals surface area contributed by atoms with Crippen LogP contribution in [0.2, 0.25) is 0 Å². The zero-order valence-corrected chi connectivity index (χ0v) is 17.2. The summed E-state index contributed by atoms with van der Waals surface area (Å²) < 4.78 is 46.1. The molecule has 2 heterocycles. The highest BCUT2D eigenvalue weighted by atomic mass is 32.2. The molecule has 2 aromatic carbocycles. The van der Waals surface area contributed by atoms with E-state index in [9.17, 15) is 12.8 Å². The predicted molar refractivity (Wildman–Crippen MR) is 111 cm³/mol. The van der Waals surface area contributed by atoms with Crippen molar-refractivity contribution in [3.63, 3.8) is 0 Å². The number of sulfonamides is 1. The second-order valence-electron chi connectivity index (χ2n) is 6.59. The number of nitrogens with zero attached hydrogens (tertiary/aromatic N) is 2. The molecule has 0 bridgehead atoms. The van der Waals surface area contributed by atoms with Crippen LogP contribution in [-0.2, 0) is 21.3 Å². The first-order valence-electron chi connectivity index (χ1n) is 9.14. The number of hydrogen-bond acceptors (Lipinski definition) is 6. The van der Waals surface area contributed by atoms with E-state index in [2.05, 4.69) is 14.6 Å². The number of ether oxygens (including phenoxy) is 1. The van der Waals surface area contributed by atoms with Crippen molar-refractivity contribution in [2.24, 2.45) is 0 Å². The number of hydrogen-bond donors (Lipinski definition) is 1. The Morgan fingerprint density at radius 3 is 2.45 bits per heavy atom. The van der Waals surface area contributed by atoms with Crippen LogP contribution in [0, 0.1) is 5.82 Å². The molecule has 4 rings (SSSR count). The lowest BCUT2D eigenvalue weighted by atomic mass is 10.2. The molecule has 1 fully saturated rings. The molecule has 0 radical (unpaired) electrons. The summed E-state index contributed by atoms with van der Waals surface area (Å²) in [4.78, 5) is 6.44. The average molecular weight is 434 g/mol. The molecule has 0 unspecified atom stereocenters. The number of benzene rings is 2. The largest absolute Gasteiger partial charge is 0.378 e. The molecule has 0 amide bonds. The monoisotopic (exact) mass is 433 g/mol. The first-order valence-corrected chi connectivity index (χ1v) is 11.5. The molecular formula is C20H20FN3O3S2. The van der Waals surface area contributed by atoms with E-state index in [1.807, 2.05) is 24.3 Å². The molecule has 0 saturated carbocycles. The molecule has 3 aromatic rings. The summed E-state index contributed by atoms with van der Waals surface area (Å²) in [7, 11) is -3.74. The van der Waals surface area contributed by atoms with E-state index in [1.165, 1.54) is 28.8 Å². The molecule has 152 valence electrons. The Morgan fingerprint density at radius 1 is 1.07 bits per heavy atom. The van der Waals surface area contributed by atoms with Crippen LogP contribution >= 0.6 is 11.3 Å². The fraction of sp³-hybridized carbons (Fsp3) is 0.250. The van der Waals surface area contributed by atoms with Crippen molar-refractivity contribution < 1.29 is 17.5 Å². The molecule has 0 aliphatic carbocycles. The standard InChI is InChI=1S/C20H20FN3O3S2/c21-17-5-3-16(4-6-17)20-23-19(14-28-20)29(25,26)22-13-15-1-7-18(8-2-15)24-9-11-27-12-10-24/h1-8,14,22H,9-13H2. The van der Waals surface area contributed by atoms with E-state index in [0.29, 0.717) is 10.6 Å². The van der Waals surface area contributed by atoms with E-state index < -0.39 is 10.0 Å². The maximum Gasteiger partial charge on any atom is 0.259 e. The number of morpholine rings is 1. The molecule has 29 heavy (non-hydrogen) atoms. The van der Waals surface area contributed by atoms with Crippen LogP contribution in [0.5, 0.6) is 0 Å². The fourth-order valence-electron chi connectivity index (χ4n) is 3.01. The van der Waals surface area contributed by atoms with Gasteiger partial charge < -0.3 is 9.64 Å². The van der Waals surface area contributed by atoms with Crippen LogP contribution in [0.15, 0.2) is 58.9 Å². The number of anilines is 1. The Morgan fingerprint density at radius 2 is 1.76 bits per heavy atom. The van der Waals surface area contributed by atoms with Crippen molar-refractivity contribution in [2.75, 3.05) is 31.2 Å². The number of rotatable bonds is 6. The zero-order chi connectivity index (χ0) is 20.3. The molecule has 6 nitrogen and oxygen atoms in total. The van der Waals surface area contributed by atoms with Gasteiger partial charge in [-0.25, -0.2) is 22.5 Å². The summed E-state index contributed by atoms with van der Waals surface area (Å²) in [6, 6.07) is 13.6. The second kappa shape index (κ2) is 8.58. The number of thiazole rings is 1. The fourth-order valence-corrected chi connectivity index (χ4v) is 5.12. The lowest BCUT2D eigenvalue weighted by molar-refractivity contribution is 0.122. The van der Waals surface area contributed by atoms with E-state index in [4.69, 9.17) is 4.74 Å². The van der Waals surface area contributed by atoms with Gasteiger partial charge in [0.1, 0.15) is 10.8 Å². The van der Waals surface area contributed by atoms with Crippen LogP contribution in [0.25, 0.3) is 10.6 Å². The third-order valence-electron chi connectivity index (χ3n) is 4.63. The number of aromatic nitrogens is 1. The Labute approximate surface area is 173 Å². The van der Waals surface area contributed by atoms with Crippen molar-refractivity contribution in [3.05, 3.63) is 65.3 Å². The normalized spacial score (nSPS) is 14.9. The third-order valence-corrected chi connectivity index (χ3v) is 6.95. The minimum absolute atomic E-state index is 0.0354. The maximum absolute atomic E-state index is 13.1. The topological polar surface area (TPSA) is 71.5 Å². The predicted octanol–water partition coefficient (Wildman–Crippen LogP) is 3.26. The van der Waals surface area contributed by atoms with Gasteiger partial charge in [0.2, 0.25) is 0 Å². The third kappa shape index (κ3) is 4.81. The smallest absolute Gasteiger partial charge is 0.259 e. The highest BCUT2D eigenvalue weighted by Crippen LogP contribution is 2.26. The summed E-state index contributed by atoms with van der Waals surface area (Å²) >= 11 is 1.21. The van der Waals surface area contributed by atoms with Gasteiger partial charge >= 0.3 is 0 Å². The van der Waals surface area contributed by atoms with Gasteiger partial charge in [-0.15, -0.1) is 11.3 Å². The lowest BCUT2D eigenvalue weighted by Crippen LogP contribution is -2.36. The van der Waals surface area contributed by atoms with Gasteiger partial charge in [0.15, 0.2) is 5.03 Å². The molecule has 1 aliphatic heterocycles. The molecular weight excluding hydrogens is 413 g/mol. The van der Waals surface area contributed by atoms with Crippen LogP contribution in [0.1, 0.15) is 5.56 Å². The van der Waals surface area contributed by atoms with E-state index in [-0.39, 0.29) is 17.4 Å². The second-order valence-corrected chi connectivity index (χ2v) is 9.16. The lowest BCUT2D eigenvalue weighted by Gasteiger charge is -2.28. The summed E-state index contributed by atoms with van der Waals surface area (Å²) in [5.41, 5.74) is 2.64. The molecule has 1 aromatic heterocycles. The van der Waals surface area contributed by atoms with Crippen molar-refractivity contribution in [1.82, 2.24) is 9.71 Å². The Bertz CT molecular complexity index is 1060. The number of nitrogens with one attached hydrogen (secondary N) is 1. The minimum atomic E-state index is -3.74. The molecule has 0 spiro atoms. The molecule has 9 heteroatoms. The van der Waals surface area contributed by atoms with E-state index in [0.717, 1.165) is 37.6 Å². The zero-order valence-electron chi connectivity index (χ0n) is 15.5. The molecule has 0 atom stereocenters. The molecule has 1 aliphatic rings. The van der Waals surface area contributed by atoms with Crippen molar-refractivity contribution >= 4 is 27.0 Å². The highest BCUT2D eigenvalue weighted by Gasteiger charge is 2.19. The SMILES string of the molecule is O=S(=O)(NCc1ccc(N2CCOCC2)cc1)c1csc(-c2ccc(F)cc2)n1. The Kier molecular flexibility index (Phi) is 5.91.